The molecule has 1 aromatic carbocycles. The lowest BCUT2D eigenvalue weighted by atomic mass is 10.0. The zero-order valence-electron chi connectivity index (χ0n) is 12.3. The van der Waals surface area contributed by atoms with Gasteiger partial charge in [0.2, 0.25) is 0 Å². The normalized spacial score (nSPS) is 13.1. The molecule has 0 spiro atoms. The van der Waals surface area contributed by atoms with Crippen LogP contribution < -0.4 is 0 Å². The van der Waals surface area contributed by atoms with Crippen molar-refractivity contribution in [3.63, 3.8) is 0 Å². The molecule has 1 N–H and O–H groups in total. The summed E-state index contributed by atoms with van der Waals surface area (Å²) < 4.78 is 38.4. The van der Waals surface area contributed by atoms with Crippen molar-refractivity contribution in [1.82, 2.24) is 0 Å². The molecule has 1 aromatic rings. The van der Waals surface area contributed by atoms with Crippen LogP contribution in [0.25, 0.3) is 0 Å². The summed E-state index contributed by atoms with van der Waals surface area (Å²) in [4.78, 5) is 10.3. The Morgan fingerprint density at radius 1 is 1.33 bits per heavy atom. The van der Waals surface area contributed by atoms with Crippen molar-refractivity contribution in [2.75, 3.05) is 5.75 Å². The highest BCUT2D eigenvalue weighted by Crippen LogP contribution is 2.23. The van der Waals surface area contributed by atoms with Crippen LogP contribution in [0.5, 0.6) is 0 Å². The number of benzene rings is 1. The minimum absolute atomic E-state index is 0.00602. The highest BCUT2D eigenvalue weighted by Gasteiger charge is 2.24. The molecule has 0 saturated carbocycles. The van der Waals surface area contributed by atoms with E-state index in [4.69, 9.17) is 5.11 Å². The molecule has 0 saturated heterocycles. The average molecular weight is 316 g/mol. The largest absolute Gasteiger partial charge is 0.478 e. The number of hydrogen-bond donors (Lipinski definition) is 1. The lowest BCUT2D eigenvalue weighted by molar-refractivity contribution is 0.0696. The van der Waals surface area contributed by atoms with Gasteiger partial charge < -0.3 is 5.11 Å². The minimum atomic E-state index is -3.74. The zero-order chi connectivity index (χ0) is 16.0. The molecule has 1 rings (SSSR count). The second-order valence-electron chi connectivity index (χ2n) is 5.15. The summed E-state index contributed by atoms with van der Waals surface area (Å²) in [6, 6.07) is 2.91. The summed E-state index contributed by atoms with van der Waals surface area (Å²) in [7, 11) is -3.74. The predicted octanol–water partition coefficient (Wildman–Crippen LogP) is 3.51. The molecule has 0 aliphatic heterocycles. The SMILES string of the molecule is CCCCC(CC)CS(=O)(=O)c1ccc(C(=O)O)cc1F. The molecular formula is C15H21FO4S. The van der Waals surface area contributed by atoms with Gasteiger partial charge in [-0.05, 0) is 30.5 Å². The molecule has 0 heterocycles. The Hall–Kier alpha value is -1.43. The third-order valence-electron chi connectivity index (χ3n) is 3.51. The van der Waals surface area contributed by atoms with E-state index in [1.54, 1.807) is 0 Å². The maximum absolute atomic E-state index is 13.9. The highest BCUT2D eigenvalue weighted by molar-refractivity contribution is 7.91. The van der Waals surface area contributed by atoms with Crippen molar-refractivity contribution in [3.8, 4) is 0 Å². The third kappa shape index (κ3) is 4.81. The first-order chi connectivity index (χ1) is 9.81. The van der Waals surface area contributed by atoms with Crippen LogP contribution in [0, 0.1) is 11.7 Å². The van der Waals surface area contributed by atoms with Gasteiger partial charge in [-0.25, -0.2) is 17.6 Å². The molecule has 1 atom stereocenters. The van der Waals surface area contributed by atoms with E-state index in [2.05, 4.69) is 0 Å². The fourth-order valence-electron chi connectivity index (χ4n) is 2.18. The van der Waals surface area contributed by atoms with Gasteiger partial charge in [-0.2, -0.15) is 0 Å². The topological polar surface area (TPSA) is 71.4 Å². The van der Waals surface area contributed by atoms with Crippen LogP contribution in [0.15, 0.2) is 23.1 Å². The van der Waals surface area contributed by atoms with Gasteiger partial charge in [0.25, 0.3) is 0 Å². The number of sulfone groups is 1. The Bertz CT molecular complexity index is 596. The van der Waals surface area contributed by atoms with Crippen molar-refractivity contribution < 1.29 is 22.7 Å². The van der Waals surface area contributed by atoms with Crippen LogP contribution in [-0.2, 0) is 9.84 Å². The van der Waals surface area contributed by atoms with E-state index >= 15 is 0 Å². The molecule has 0 bridgehead atoms. The molecule has 0 aliphatic rings. The number of carboxylic acid groups (broad SMARTS) is 1. The van der Waals surface area contributed by atoms with Gasteiger partial charge in [0.1, 0.15) is 10.7 Å². The number of unbranched alkanes of at least 4 members (excludes halogenated alkanes) is 1. The van der Waals surface area contributed by atoms with E-state index in [0.717, 1.165) is 37.5 Å². The summed E-state index contributed by atoms with van der Waals surface area (Å²) in [5.41, 5.74) is -0.260. The number of rotatable bonds is 8. The maximum Gasteiger partial charge on any atom is 0.335 e. The van der Waals surface area contributed by atoms with E-state index in [0.29, 0.717) is 6.42 Å². The first-order valence-corrected chi connectivity index (χ1v) is 8.72. The average Bonchev–Trinajstić information content (AvgIpc) is 2.42. The Morgan fingerprint density at radius 3 is 2.48 bits per heavy atom. The molecule has 0 fully saturated rings. The Morgan fingerprint density at radius 2 is 2.00 bits per heavy atom. The number of carboxylic acids is 1. The van der Waals surface area contributed by atoms with E-state index in [1.807, 2.05) is 13.8 Å². The molecule has 0 radical (unpaired) electrons. The van der Waals surface area contributed by atoms with Gasteiger partial charge in [0.05, 0.1) is 11.3 Å². The second-order valence-corrected chi connectivity index (χ2v) is 7.15. The Kier molecular flexibility index (Phi) is 6.33. The Labute approximate surface area is 124 Å². The molecule has 0 amide bonds. The first kappa shape index (κ1) is 17.6. The van der Waals surface area contributed by atoms with Gasteiger partial charge in [0, 0.05) is 0 Å². The zero-order valence-corrected chi connectivity index (χ0v) is 13.1. The molecule has 4 nitrogen and oxygen atoms in total. The first-order valence-electron chi connectivity index (χ1n) is 7.07. The summed E-state index contributed by atoms with van der Waals surface area (Å²) in [5.74, 6) is -2.40. The van der Waals surface area contributed by atoms with Gasteiger partial charge >= 0.3 is 5.97 Å². The van der Waals surface area contributed by atoms with Crippen molar-refractivity contribution in [3.05, 3.63) is 29.6 Å². The quantitative estimate of drug-likeness (QED) is 0.796. The number of aromatic carboxylic acids is 1. The smallest absolute Gasteiger partial charge is 0.335 e. The van der Waals surface area contributed by atoms with Gasteiger partial charge in [-0.15, -0.1) is 0 Å². The van der Waals surface area contributed by atoms with Crippen molar-refractivity contribution >= 4 is 15.8 Å². The Balaban J connectivity index is 2.99. The van der Waals surface area contributed by atoms with Gasteiger partial charge in [0.15, 0.2) is 9.84 Å². The van der Waals surface area contributed by atoms with Crippen LogP contribution >= 0.6 is 0 Å². The lowest BCUT2D eigenvalue weighted by Gasteiger charge is -2.15. The van der Waals surface area contributed by atoms with Crippen LogP contribution in [0.4, 0.5) is 4.39 Å². The fourth-order valence-corrected chi connectivity index (χ4v) is 4.02. The van der Waals surface area contributed by atoms with E-state index in [-0.39, 0.29) is 17.2 Å². The molecule has 0 aromatic heterocycles. The monoisotopic (exact) mass is 316 g/mol. The molecular weight excluding hydrogens is 295 g/mol. The number of halogens is 1. The maximum atomic E-state index is 13.9. The predicted molar refractivity (Wildman–Crippen MR) is 78.7 cm³/mol. The second kappa shape index (κ2) is 7.54. The van der Waals surface area contributed by atoms with Crippen LogP contribution in [0.3, 0.4) is 0 Å². The van der Waals surface area contributed by atoms with Crippen LogP contribution in [0.2, 0.25) is 0 Å². The van der Waals surface area contributed by atoms with Crippen LogP contribution in [-0.4, -0.2) is 25.2 Å². The van der Waals surface area contributed by atoms with Crippen molar-refractivity contribution in [2.24, 2.45) is 5.92 Å². The summed E-state index contributed by atoms with van der Waals surface area (Å²) >= 11 is 0. The van der Waals surface area contributed by atoms with E-state index in [1.165, 1.54) is 0 Å². The minimum Gasteiger partial charge on any atom is -0.478 e. The molecule has 0 aliphatic carbocycles. The third-order valence-corrected chi connectivity index (χ3v) is 5.42. The standard InChI is InChI=1S/C15H21FO4S/c1-3-5-6-11(4-2)10-21(19,20)14-8-7-12(15(17)18)9-13(14)16/h7-9,11H,3-6,10H2,1-2H3,(H,17,18). The number of carbonyl (C=O) groups is 1. The van der Waals surface area contributed by atoms with Crippen molar-refractivity contribution in [2.45, 2.75) is 44.4 Å². The van der Waals surface area contributed by atoms with E-state index < -0.39 is 26.5 Å². The molecule has 6 heteroatoms. The molecule has 118 valence electrons. The lowest BCUT2D eigenvalue weighted by Crippen LogP contribution is -2.17. The van der Waals surface area contributed by atoms with Gasteiger partial charge in [-0.1, -0.05) is 33.1 Å². The summed E-state index contributed by atoms with van der Waals surface area (Å²) in [6.07, 6.45) is 3.43. The fraction of sp³-hybridized carbons (Fsp3) is 0.533. The number of hydrogen-bond acceptors (Lipinski definition) is 3. The van der Waals surface area contributed by atoms with Gasteiger partial charge in [-0.3, -0.25) is 0 Å². The molecule has 1 unspecified atom stereocenters. The van der Waals surface area contributed by atoms with Crippen LogP contribution in [0.1, 0.15) is 49.9 Å². The summed E-state index contributed by atoms with van der Waals surface area (Å²) in [6.45, 7) is 3.95. The molecule has 21 heavy (non-hydrogen) atoms. The van der Waals surface area contributed by atoms with Crippen molar-refractivity contribution in [1.29, 1.82) is 0 Å². The van der Waals surface area contributed by atoms with E-state index in [9.17, 15) is 17.6 Å². The highest BCUT2D eigenvalue weighted by atomic mass is 32.2. The summed E-state index contributed by atoms with van der Waals surface area (Å²) in [5, 5.41) is 8.77.